The Balaban J connectivity index is 1.55. The van der Waals surface area contributed by atoms with Crippen LogP contribution in [0.3, 0.4) is 0 Å². The first-order valence-electron chi connectivity index (χ1n) is 12.7. The summed E-state index contributed by atoms with van der Waals surface area (Å²) < 4.78 is 3.96. The normalized spacial score (nSPS) is 11.6. The highest BCUT2D eigenvalue weighted by atomic mass is 16.1. The Morgan fingerprint density at radius 1 is 0.763 bits per heavy atom. The second-order valence-corrected chi connectivity index (χ2v) is 9.55. The van der Waals surface area contributed by atoms with Gasteiger partial charge in [0.2, 0.25) is 0 Å². The molecule has 2 aromatic heterocycles. The van der Waals surface area contributed by atoms with Crippen molar-refractivity contribution in [2.24, 2.45) is 0 Å². The van der Waals surface area contributed by atoms with E-state index in [1.807, 2.05) is 42.9 Å². The van der Waals surface area contributed by atoms with Crippen molar-refractivity contribution in [3.8, 4) is 0 Å². The predicted molar refractivity (Wildman–Crippen MR) is 153 cm³/mol. The average Bonchev–Trinajstić information content (AvgIpc) is 3.32. The van der Waals surface area contributed by atoms with Crippen LogP contribution in [0.2, 0.25) is 0 Å². The van der Waals surface area contributed by atoms with Crippen molar-refractivity contribution >= 4 is 16.5 Å². The number of nitrogens with two attached hydrogens (primary N) is 1. The number of imidazole rings is 1. The van der Waals surface area contributed by atoms with E-state index in [-0.39, 0.29) is 5.56 Å². The van der Waals surface area contributed by atoms with E-state index in [9.17, 15) is 4.79 Å². The monoisotopic (exact) mass is 496 g/mol. The fourth-order valence-electron chi connectivity index (χ4n) is 5.49. The molecular formula is C33H28N4O. The molecule has 5 heteroatoms. The second kappa shape index (κ2) is 9.52. The maximum absolute atomic E-state index is 13.3. The van der Waals surface area contributed by atoms with E-state index in [1.54, 1.807) is 16.7 Å². The van der Waals surface area contributed by atoms with Gasteiger partial charge in [-0.05, 0) is 53.3 Å². The van der Waals surface area contributed by atoms with Crippen molar-refractivity contribution in [1.82, 2.24) is 14.1 Å². The summed E-state index contributed by atoms with van der Waals surface area (Å²) in [5.41, 5.74) is 11.1. The quantitative estimate of drug-likeness (QED) is 0.228. The van der Waals surface area contributed by atoms with Gasteiger partial charge in [0.25, 0.3) is 5.56 Å². The average molecular weight is 497 g/mol. The topological polar surface area (TPSA) is 65.8 Å². The van der Waals surface area contributed by atoms with Crippen LogP contribution < -0.4 is 11.3 Å². The van der Waals surface area contributed by atoms with Crippen molar-refractivity contribution in [3.05, 3.63) is 166 Å². The third-order valence-corrected chi connectivity index (χ3v) is 7.37. The van der Waals surface area contributed by atoms with Gasteiger partial charge in [0.1, 0.15) is 5.54 Å². The van der Waals surface area contributed by atoms with E-state index in [0.29, 0.717) is 17.6 Å². The van der Waals surface area contributed by atoms with Gasteiger partial charge in [-0.2, -0.15) is 0 Å². The molecule has 0 fully saturated rings. The highest BCUT2D eigenvalue weighted by Gasteiger charge is 2.39. The molecule has 0 aliphatic carbocycles. The summed E-state index contributed by atoms with van der Waals surface area (Å²) in [7, 11) is 0. The summed E-state index contributed by atoms with van der Waals surface area (Å²) in [5, 5.41) is 1.48. The molecule has 186 valence electrons. The van der Waals surface area contributed by atoms with Crippen molar-refractivity contribution < 1.29 is 0 Å². The first-order chi connectivity index (χ1) is 18.6. The van der Waals surface area contributed by atoms with E-state index < -0.39 is 5.54 Å². The zero-order chi connectivity index (χ0) is 26.1. The zero-order valence-electron chi connectivity index (χ0n) is 21.2. The molecule has 0 bridgehead atoms. The molecule has 2 heterocycles. The molecule has 4 aromatic carbocycles. The lowest BCUT2D eigenvalue weighted by Crippen LogP contribution is -2.38. The van der Waals surface area contributed by atoms with Crippen molar-refractivity contribution in [1.29, 1.82) is 0 Å². The summed E-state index contributed by atoms with van der Waals surface area (Å²) in [5.74, 6) is 0. The summed E-state index contributed by atoms with van der Waals surface area (Å²) in [6, 6.07) is 38.9. The third kappa shape index (κ3) is 3.80. The van der Waals surface area contributed by atoms with Gasteiger partial charge in [0.15, 0.2) is 0 Å². The van der Waals surface area contributed by atoms with Gasteiger partial charge in [0, 0.05) is 23.0 Å². The fraction of sp³-hybridized carbons (Fsp3) is 0.0909. The standard InChI is InChI=1S/C33H28N4O/c1-24-31(22-36-20-19-25-21-29(34)17-18-30(25)32(36)38)35-23-37(24)33(26-11-5-2-6-12-26,27-13-7-3-8-14-27)28-15-9-4-10-16-28/h2-21,23H,22,34H2,1H3. The molecule has 2 N–H and O–H groups in total. The van der Waals surface area contributed by atoms with Crippen LogP contribution in [0.25, 0.3) is 10.8 Å². The van der Waals surface area contributed by atoms with Crippen LogP contribution in [0.4, 0.5) is 5.69 Å². The maximum atomic E-state index is 13.3. The molecule has 0 spiro atoms. The van der Waals surface area contributed by atoms with Gasteiger partial charge in [-0.15, -0.1) is 0 Å². The van der Waals surface area contributed by atoms with Crippen LogP contribution in [0.15, 0.2) is 133 Å². The zero-order valence-corrected chi connectivity index (χ0v) is 21.2. The molecule has 6 aromatic rings. The van der Waals surface area contributed by atoms with Gasteiger partial charge in [-0.1, -0.05) is 91.0 Å². The maximum Gasteiger partial charge on any atom is 0.258 e. The Bertz CT molecular complexity index is 1670. The van der Waals surface area contributed by atoms with Crippen LogP contribution in [-0.2, 0) is 12.1 Å². The molecule has 0 radical (unpaired) electrons. The van der Waals surface area contributed by atoms with E-state index in [2.05, 4.69) is 84.3 Å². The van der Waals surface area contributed by atoms with E-state index in [0.717, 1.165) is 33.5 Å². The number of fused-ring (bicyclic) bond motifs is 1. The molecule has 5 nitrogen and oxygen atoms in total. The Kier molecular flexibility index (Phi) is 5.89. The Hall–Kier alpha value is -4.90. The van der Waals surface area contributed by atoms with Gasteiger partial charge in [-0.3, -0.25) is 4.79 Å². The number of nitrogen functional groups attached to an aromatic ring is 1. The largest absolute Gasteiger partial charge is 0.399 e. The lowest BCUT2D eigenvalue weighted by Gasteiger charge is -2.38. The molecule has 0 aliphatic rings. The molecule has 0 unspecified atom stereocenters. The van der Waals surface area contributed by atoms with Crippen LogP contribution in [-0.4, -0.2) is 14.1 Å². The summed E-state index contributed by atoms with van der Waals surface area (Å²) in [6.45, 7) is 2.45. The Labute approximate surface area is 221 Å². The number of benzene rings is 4. The lowest BCUT2D eigenvalue weighted by molar-refractivity contribution is 0.502. The molecule has 6 rings (SSSR count). The highest BCUT2D eigenvalue weighted by Crippen LogP contribution is 2.41. The molecule has 0 saturated heterocycles. The molecule has 38 heavy (non-hydrogen) atoms. The van der Waals surface area contributed by atoms with Crippen LogP contribution >= 0.6 is 0 Å². The van der Waals surface area contributed by atoms with Crippen molar-refractivity contribution in [2.45, 2.75) is 19.0 Å². The molecule has 0 atom stereocenters. The second-order valence-electron chi connectivity index (χ2n) is 9.55. The minimum Gasteiger partial charge on any atom is -0.399 e. The summed E-state index contributed by atoms with van der Waals surface area (Å²) in [6.07, 6.45) is 3.73. The van der Waals surface area contributed by atoms with Gasteiger partial charge in [-0.25, -0.2) is 4.98 Å². The lowest BCUT2D eigenvalue weighted by atomic mass is 9.76. The molecular weight excluding hydrogens is 468 g/mol. The van der Waals surface area contributed by atoms with Gasteiger partial charge >= 0.3 is 0 Å². The van der Waals surface area contributed by atoms with Gasteiger partial charge in [0.05, 0.1) is 18.6 Å². The molecule has 0 aliphatic heterocycles. The van der Waals surface area contributed by atoms with Crippen LogP contribution in [0.1, 0.15) is 28.1 Å². The van der Waals surface area contributed by atoms with Crippen molar-refractivity contribution in [2.75, 3.05) is 5.73 Å². The number of rotatable bonds is 6. The number of hydrogen-bond acceptors (Lipinski definition) is 3. The van der Waals surface area contributed by atoms with Crippen LogP contribution in [0.5, 0.6) is 0 Å². The first-order valence-corrected chi connectivity index (χ1v) is 12.7. The Morgan fingerprint density at radius 2 is 1.32 bits per heavy atom. The van der Waals surface area contributed by atoms with Gasteiger partial charge < -0.3 is 14.9 Å². The minimum absolute atomic E-state index is 0.0584. The number of nitrogens with zero attached hydrogens (tertiary/aromatic N) is 3. The summed E-state index contributed by atoms with van der Waals surface area (Å²) in [4.78, 5) is 18.2. The Morgan fingerprint density at radius 3 is 1.87 bits per heavy atom. The summed E-state index contributed by atoms with van der Waals surface area (Å²) >= 11 is 0. The highest BCUT2D eigenvalue weighted by molar-refractivity contribution is 5.84. The van der Waals surface area contributed by atoms with Crippen molar-refractivity contribution in [3.63, 3.8) is 0 Å². The minimum atomic E-state index is -0.648. The fourth-order valence-corrected chi connectivity index (χ4v) is 5.49. The number of pyridine rings is 1. The van der Waals surface area contributed by atoms with Crippen LogP contribution in [0, 0.1) is 6.92 Å². The number of aromatic nitrogens is 3. The van der Waals surface area contributed by atoms with E-state index in [4.69, 9.17) is 10.7 Å². The SMILES string of the molecule is Cc1c(Cn2ccc3cc(N)ccc3c2=O)ncn1C(c1ccccc1)(c1ccccc1)c1ccccc1. The molecule has 0 saturated carbocycles. The molecule has 0 amide bonds. The number of anilines is 1. The third-order valence-electron chi connectivity index (χ3n) is 7.37. The predicted octanol–water partition coefficient (Wildman–Crippen LogP) is 5.98. The van der Waals surface area contributed by atoms with E-state index in [1.165, 1.54) is 0 Å². The first kappa shape index (κ1) is 23.5. The number of hydrogen-bond donors (Lipinski definition) is 1. The smallest absolute Gasteiger partial charge is 0.258 e. The van der Waals surface area contributed by atoms with E-state index >= 15 is 0 Å².